The van der Waals surface area contributed by atoms with Crippen LogP contribution in [0.5, 0.6) is 17.2 Å². The Morgan fingerprint density at radius 3 is 2.56 bits per heavy atom. The number of carbonyl (C=O) groups is 1. The van der Waals surface area contributed by atoms with Crippen molar-refractivity contribution < 1.29 is 28.1 Å². The number of nitrogens with zero attached hydrogens (tertiary/aromatic N) is 3. The van der Waals surface area contributed by atoms with Gasteiger partial charge in [0.25, 0.3) is 0 Å². The molecule has 0 radical (unpaired) electrons. The third-order valence-corrected chi connectivity index (χ3v) is 5.37. The molecule has 0 unspecified atom stereocenters. The van der Waals surface area contributed by atoms with E-state index in [9.17, 15) is 9.18 Å². The summed E-state index contributed by atoms with van der Waals surface area (Å²) in [6.07, 6.45) is 0.426. The summed E-state index contributed by atoms with van der Waals surface area (Å²) in [5, 5.41) is 3.87. The Labute approximate surface area is 211 Å². The Morgan fingerprint density at radius 2 is 1.83 bits per heavy atom. The van der Waals surface area contributed by atoms with E-state index in [0.717, 1.165) is 11.3 Å². The Kier molecular flexibility index (Phi) is 7.35. The lowest BCUT2D eigenvalue weighted by Crippen LogP contribution is -2.09. The molecule has 0 aliphatic rings. The van der Waals surface area contributed by atoms with E-state index in [1.807, 2.05) is 13.0 Å². The first-order valence-corrected chi connectivity index (χ1v) is 11.1. The molecule has 0 spiro atoms. The number of nitrogens with one attached hydrogen (secondary N) is 1. The van der Waals surface area contributed by atoms with Crippen LogP contribution in [0.4, 0.5) is 20.7 Å². The molecule has 4 rings (SSSR count). The van der Waals surface area contributed by atoms with Crippen molar-refractivity contribution in [3.63, 3.8) is 0 Å². The highest BCUT2D eigenvalue weighted by atomic mass is 35.5. The first-order chi connectivity index (χ1) is 17.3. The van der Waals surface area contributed by atoms with Crippen LogP contribution in [-0.4, -0.2) is 35.3 Å². The van der Waals surface area contributed by atoms with Gasteiger partial charge in [0, 0.05) is 23.2 Å². The minimum atomic E-state index is -0.912. The lowest BCUT2D eigenvalue weighted by molar-refractivity contribution is 0.121. The van der Waals surface area contributed by atoms with Crippen LogP contribution >= 0.6 is 11.6 Å². The van der Waals surface area contributed by atoms with Crippen LogP contribution in [-0.2, 0) is 11.3 Å². The first-order valence-electron chi connectivity index (χ1n) is 10.7. The van der Waals surface area contributed by atoms with Gasteiger partial charge in [0.2, 0.25) is 0 Å². The van der Waals surface area contributed by atoms with E-state index in [-0.39, 0.29) is 18.0 Å². The normalized spacial score (nSPS) is 10.7. The van der Waals surface area contributed by atoms with Crippen LogP contribution in [0.2, 0.25) is 5.15 Å². The summed E-state index contributed by atoms with van der Waals surface area (Å²) >= 11 is 6.04. The van der Waals surface area contributed by atoms with Gasteiger partial charge in [0.05, 0.1) is 25.4 Å². The zero-order chi connectivity index (χ0) is 25.8. The highest BCUT2D eigenvalue weighted by molar-refractivity contribution is 6.29. The number of benzene rings is 2. The van der Waals surface area contributed by atoms with Gasteiger partial charge in [-0.05, 0) is 49.2 Å². The molecular weight excluding hydrogens is 491 g/mol. The van der Waals surface area contributed by atoms with Crippen molar-refractivity contribution in [3.8, 4) is 17.2 Å². The standard InChI is InChI=1S/C25H22ClFN4O5/c1-13-5-17(27)19(10-20(13)36-25(32)34-4)31-24-16-8-21(33-3)22(9-18(16)28-12-29-24)35-11-15-6-14(2)30-23(26)7-15/h5-10,12H,11H2,1-4H3,(H,28,29,31). The summed E-state index contributed by atoms with van der Waals surface area (Å²) in [6, 6.07) is 9.58. The summed E-state index contributed by atoms with van der Waals surface area (Å²) in [5.41, 5.74) is 2.62. The SMILES string of the molecule is COC(=O)Oc1cc(Nc2ncnc3cc(OCc4cc(C)nc(Cl)c4)c(OC)cc23)c(F)cc1C. The molecule has 11 heteroatoms. The highest BCUT2D eigenvalue weighted by Crippen LogP contribution is 2.36. The van der Waals surface area contributed by atoms with Crippen molar-refractivity contribution in [2.24, 2.45) is 0 Å². The molecule has 4 aromatic rings. The molecule has 0 aliphatic carbocycles. The minimum Gasteiger partial charge on any atom is -0.493 e. The number of aryl methyl sites for hydroxylation is 2. The topological polar surface area (TPSA) is 105 Å². The number of fused-ring (bicyclic) bond motifs is 1. The van der Waals surface area contributed by atoms with Crippen molar-refractivity contribution >= 4 is 40.2 Å². The summed E-state index contributed by atoms with van der Waals surface area (Å²) < 4.78 is 35.8. The summed E-state index contributed by atoms with van der Waals surface area (Å²) in [5.74, 6) is 0.776. The number of ether oxygens (including phenoxy) is 4. The Morgan fingerprint density at radius 1 is 1.03 bits per heavy atom. The van der Waals surface area contributed by atoms with E-state index in [4.69, 9.17) is 25.8 Å². The molecule has 0 saturated carbocycles. The monoisotopic (exact) mass is 512 g/mol. The van der Waals surface area contributed by atoms with Crippen LogP contribution < -0.4 is 19.5 Å². The number of hydrogen-bond acceptors (Lipinski definition) is 9. The van der Waals surface area contributed by atoms with E-state index < -0.39 is 12.0 Å². The van der Waals surface area contributed by atoms with Crippen LogP contribution in [0.1, 0.15) is 16.8 Å². The molecule has 9 nitrogen and oxygen atoms in total. The van der Waals surface area contributed by atoms with Gasteiger partial charge < -0.3 is 24.3 Å². The van der Waals surface area contributed by atoms with Gasteiger partial charge in [0.1, 0.15) is 35.5 Å². The smallest absolute Gasteiger partial charge is 0.493 e. The third-order valence-electron chi connectivity index (χ3n) is 5.17. The van der Waals surface area contributed by atoms with Crippen LogP contribution in [0.3, 0.4) is 0 Å². The van der Waals surface area contributed by atoms with E-state index in [2.05, 4.69) is 25.0 Å². The fraction of sp³-hybridized carbons (Fsp3) is 0.200. The molecular formula is C25H22ClFN4O5. The predicted octanol–water partition coefficient (Wildman–Crippen LogP) is 5.91. The molecule has 2 aromatic carbocycles. The second-order valence-electron chi connectivity index (χ2n) is 7.75. The van der Waals surface area contributed by atoms with E-state index in [1.165, 1.54) is 32.7 Å². The molecule has 2 aromatic heterocycles. The highest BCUT2D eigenvalue weighted by Gasteiger charge is 2.16. The maximum absolute atomic E-state index is 14.7. The number of anilines is 2. The first kappa shape index (κ1) is 24.9. The molecule has 186 valence electrons. The van der Waals surface area contributed by atoms with Gasteiger partial charge in [-0.1, -0.05) is 11.6 Å². The Balaban J connectivity index is 1.65. The Hall–Kier alpha value is -4.18. The molecule has 36 heavy (non-hydrogen) atoms. The molecule has 0 fully saturated rings. The summed E-state index contributed by atoms with van der Waals surface area (Å²) in [4.78, 5) is 24.2. The number of methoxy groups -OCH3 is 2. The summed E-state index contributed by atoms with van der Waals surface area (Å²) in [7, 11) is 2.69. The molecule has 0 bridgehead atoms. The number of hydrogen-bond donors (Lipinski definition) is 1. The molecule has 0 atom stereocenters. The fourth-order valence-corrected chi connectivity index (χ4v) is 3.77. The van der Waals surface area contributed by atoms with Crippen molar-refractivity contribution in [1.82, 2.24) is 15.0 Å². The second kappa shape index (κ2) is 10.6. The van der Waals surface area contributed by atoms with Gasteiger partial charge in [-0.15, -0.1) is 0 Å². The molecule has 0 saturated heterocycles. The van der Waals surface area contributed by atoms with Gasteiger partial charge >= 0.3 is 6.16 Å². The fourth-order valence-electron chi connectivity index (χ4n) is 3.49. The zero-order valence-corrected chi connectivity index (χ0v) is 20.6. The molecule has 0 amide bonds. The molecule has 2 heterocycles. The quantitative estimate of drug-likeness (QED) is 0.184. The maximum atomic E-state index is 14.7. The number of aromatic nitrogens is 3. The van der Waals surface area contributed by atoms with Gasteiger partial charge in [-0.2, -0.15) is 0 Å². The van der Waals surface area contributed by atoms with Gasteiger partial charge in [-0.25, -0.2) is 24.1 Å². The lowest BCUT2D eigenvalue weighted by atomic mass is 10.1. The number of rotatable bonds is 7. The van der Waals surface area contributed by atoms with E-state index in [1.54, 1.807) is 25.1 Å². The zero-order valence-electron chi connectivity index (χ0n) is 19.9. The van der Waals surface area contributed by atoms with Crippen molar-refractivity contribution in [1.29, 1.82) is 0 Å². The van der Waals surface area contributed by atoms with Crippen LogP contribution in [0.25, 0.3) is 10.9 Å². The second-order valence-corrected chi connectivity index (χ2v) is 8.14. The maximum Gasteiger partial charge on any atom is 0.513 e. The average molecular weight is 513 g/mol. The number of pyridine rings is 1. The van der Waals surface area contributed by atoms with Gasteiger partial charge in [0.15, 0.2) is 11.5 Å². The van der Waals surface area contributed by atoms with Crippen molar-refractivity contribution in [3.05, 3.63) is 70.5 Å². The van der Waals surface area contributed by atoms with Crippen LogP contribution in [0, 0.1) is 19.7 Å². The third kappa shape index (κ3) is 5.55. The molecule has 1 N–H and O–H groups in total. The number of halogens is 2. The van der Waals surface area contributed by atoms with E-state index >= 15 is 0 Å². The van der Waals surface area contributed by atoms with Gasteiger partial charge in [-0.3, -0.25) is 0 Å². The van der Waals surface area contributed by atoms with Crippen LogP contribution in [0.15, 0.2) is 42.7 Å². The van der Waals surface area contributed by atoms with Crippen molar-refractivity contribution in [2.75, 3.05) is 19.5 Å². The lowest BCUT2D eigenvalue weighted by Gasteiger charge is -2.15. The number of carbonyl (C=O) groups excluding carboxylic acids is 1. The van der Waals surface area contributed by atoms with E-state index in [0.29, 0.717) is 38.9 Å². The largest absolute Gasteiger partial charge is 0.513 e. The Bertz CT molecular complexity index is 1430. The summed E-state index contributed by atoms with van der Waals surface area (Å²) in [6.45, 7) is 3.69. The minimum absolute atomic E-state index is 0.0451. The predicted molar refractivity (Wildman–Crippen MR) is 132 cm³/mol. The average Bonchev–Trinajstić information content (AvgIpc) is 2.84. The van der Waals surface area contributed by atoms with Crippen molar-refractivity contribution in [2.45, 2.75) is 20.5 Å². The molecule has 0 aliphatic heterocycles.